The molecular weight excluding hydrogens is 439 g/mol. The van der Waals surface area contributed by atoms with Crippen LogP contribution in [0.4, 0.5) is 0 Å². The maximum absolute atomic E-state index is 11.7. The molecule has 0 saturated carbocycles. The average Bonchev–Trinajstić information content (AvgIpc) is 2.69. The first-order valence-electron chi connectivity index (χ1n) is 11.8. The largest absolute Gasteiger partial charge is 1.00 e. The van der Waals surface area contributed by atoms with Crippen molar-refractivity contribution < 1.29 is 70.2 Å². The summed E-state index contributed by atoms with van der Waals surface area (Å²) in [5.74, 6) is -5.51. The molecule has 0 bridgehead atoms. The fraction of sp³-hybridized carbons (Fsp3) is 0.750. The van der Waals surface area contributed by atoms with E-state index in [1.54, 1.807) is 0 Å². The van der Waals surface area contributed by atoms with Crippen LogP contribution in [-0.2, 0) is 23.9 Å². The van der Waals surface area contributed by atoms with Crippen molar-refractivity contribution in [2.45, 2.75) is 115 Å². The molecule has 0 aliphatic rings. The van der Waals surface area contributed by atoms with Crippen LogP contribution in [-0.4, -0.2) is 44.8 Å². The van der Waals surface area contributed by atoms with Gasteiger partial charge in [0.1, 0.15) is 0 Å². The number of allylic oxidation sites excluding steroid dienone is 2. The number of carboxylic acids is 2. The van der Waals surface area contributed by atoms with Gasteiger partial charge in [0.25, 0.3) is 0 Å². The van der Waals surface area contributed by atoms with Gasteiger partial charge in [-0.05, 0) is 32.1 Å². The van der Waals surface area contributed by atoms with Crippen molar-refractivity contribution in [3.8, 4) is 0 Å². The van der Waals surface area contributed by atoms with Crippen LogP contribution in [0.2, 0.25) is 0 Å². The molecule has 186 valence electrons. The first-order chi connectivity index (χ1) is 15.2. The molecule has 0 fully saturated rings. The number of esters is 2. The summed E-state index contributed by atoms with van der Waals surface area (Å²) < 4.78 is 4.49. The second-order valence-electron chi connectivity index (χ2n) is 8.26. The maximum atomic E-state index is 11.7. The molecule has 33 heavy (non-hydrogen) atoms. The molecular formula is C24H41NaO8. The summed E-state index contributed by atoms with van der Waals surface area (Å²) in [4.78, 5) is 45.0. The molecule has 0 aromatic heterocycles. The molecule has 8 nitrogen and oxygen atoms in total. The zero-order valence-corrected chi connectivity index (χ0v) is 22.4. The van der Waals surface area contributed by atoms with Crippen molar-refractivity contribution in [2.24, 2.45) is 0 Å². The van der Waals surface area contributed by atoms with E-state index < -0.39 is 42.3 Å². The molecule has 0 amide bonds. The molecule has 0 radical (unpaired) electrons. The van der Waals surface area contributed by atoms with E-state index in [2.05, 4.69) is 23.8 Å². The molecule has 0 spiro atoms. The molecule has 0 rings (SSSR count). The predicted octanol–water partition coefficient (Wildman–Crippen LogP) is 1.89. The molecule has 1 atom stereocenters. The van der Waals surface area contributed by atoms with Crippen LogP contribution in [0.25, 0.3) is 0 Å². The Hall–Kier alpha value is -1.22. The molecule has 9 heteroatoms. The number of hydrogen-bond acceptors (Lipinski definition) is 6. The third kappa shape index (κ3) is 19.9. The summed E-state index contributed by atoms with van der Waals surface area (Å²) in [6.07, 6.45) is 16.7. The van der Waals surface area contributed by atoms with Gasteiger partial charge in [-0.2, -0.15) is 0 Å². The van der Waals surface area contributed by atoms with E-state index in [0.29, 0.717) is 6.42 Å². The Morgan fingerprint density at radius 3 is 1.73 bits per heavy atom. The minimum absolute atomic E-state index is 0. The Labute approximate surface area is 220 Å². The van der Waals surface area contributed by atoms with Crippen LogP contribution in [0.15, 0.2) is 12.2 Å². The van der Waals surface area contributed by atoms with Crippen LogP contribution < -0.4 is 29.6 Å². The predicted molar refractivity (Wildman–Crippen MR) is 121 cm³/mol. The zero-order chi connectivity index (χ0) is 24.2. The fourth-order valence-electron chi connectivity index (χ4n) is 3.26. The number of rotatable bonds is 20. The van der Waals surface area contributed by atoms with E-state index in [9.17, 15) is 24.3 Å². The Kier molecular flexibility index (Phi) is 21.9. The molecule has 0 aromatic rings. The summed E-state index contributed by atoms with van der Waals surface area (Å²) in [5.41, 5.74) is -2.80. The number of carboxylic acid groups (broad SMARTS) is 2. The van der Waals surface area contributed by atoms with Gasteiger partial charge in [0.15, 0.2) is 5.60 Å². The fourth-order valence-corrected chi connectivity index (χ4v) is 3.26. The molecule has 1 unspecified atom stereocenters. The minimum Gasteiger partial charge on any atom is -1.00 e. The Bertz CT molecular complexity index is 612. The topological polar surface area (TPSA) is 138 Å². The Morgan fingerprint density at radius 1 is 0.758 bits per heavy atom. The number of carbonyl (C=O) groups is 4. The average molecular weight is 481 g/mol. The number of carbonyl (C=O) groups excluding carboxylic acids is 2. The number of unbranched alkanes of at least 4 members (excludes halogenated alkanes) is 11. The Balaban J connectivity index is -0.00000480. The van der Waals surface area contributed by atoms with E-state index in [1.807, 2.05) is 0 Å². The second-order valence-corrected chi connectivity index (χ2v) is 8.26. The van der Waals surface area contributed by atoms with Crippen molar-refractivity contribution in [3.05, 3.63) is 12.2 Å². The van der Waals surface area contributed by atoms with E-state index >= 15 is 0 Å². The molecule has 0 aliphatic heterocycles. The van der Waals surface area contributed by atoms with Gasteiger partial charge < -0.3 is 21.5 Å². The van der Waals surface area contributed by atoms with Gasteiger partial charge in [-0.15, -0.1) is 0 Å². The summed E-state index contributed by atoms with van der Waals surface area (Å²) >= 11 is 0. The SMILES string of the molecule is CCCCCCCC/C=C\CCCCCCCC(=O)OC(=O)CC(O)(CC(=O)O)C(=O)O.[H-].[Na+]. The van der Waals surface area contributed by atoms with Crippen molar-refractivity contribution in [2.75, 3.05) is 0 Å². The van der Waals surface area contributed by atoms with Crippen molar-refractivity contribution in [1.82, 2.24) is 0 Å². The van der Waals surface area contributed by atoms with Gasteiger partial charge in [0.05, 0.1) is 12.8 Å². The van der Waals surface area contributed by atoms with E-state index in [-0.39, 0.29) is 37.4 Å². The van der Waals surface area contributed by atoms with Gasteiger partial charge >= 0.3 is 53.4 Å². The van der Waals surface area contributed by atoms with Crippen LogP contribution in [0.1, 0.15) is 111 Å². The van der Waals surface area contributed by atoms with E-state index in [0.717, 1.165) is 38.5 Å². The number of ether oxygens (including phenoxy) is 1. The van der Waals surface area contributed by atoms with Crippen molar-refractivity contribution in [1.29, 1.82) is 0 Å². The number of hydrogen-bond donors (Lipinski definition) is 3. The number of aliphatic carboxylic acids is 2. The molecule has 0 aliphatic carbocycles. The first kappa shape index (κ1) is 34.0. The minimum atomic E-state index is -2.80. The summed E-state index contributed by atoms with van der Waals surface area (Å²) in [5, 5.41) is 27.3. The van der Waals surface area contributed by atoms with E-state index in [4.69, 9.17) is 10.2 Å². The third-order valence-electron chi connectivity index (χ3n) is 5.15. The van der Waals surface area contributed by atoms with Gasteiger partial charge in [-0.3, -0.25) is 14.4 Å². The molecule has 0 heterocycles. The van der Waals surface area contributed by atoms with Crippen LogP contribution in [0.5, 0.6) is 0 Å². The normalized spacial score (nSPS) is 12.7. The van der Waals surface area contributed by atoms with E-state index in [1.165, 1.54) is 38.5 Å². The standard InChI is InChI=1S/C24H40O8.Na.H/c1-2-3-4-5-6-7-8-9-10-11-12-13-14-15-16-17-21(27)32-22(28)19-24(31,23(29)30)18-20(25)26;;/h9-10,31H,2-8,11-19H2,1H3,(H,25,26)(H,29,30);;/q;+1;-1/b10-9-;;. The van der Waals surface area contributed by atoms with Crippen molar-refractivity contribution in [3.63, 3.8) is 0 Å². The van der Waals surface area contributed by atoms with Gasteiger partial charge in [0.2, 0.25) is 0 Å². The summed E-state index contributed by atoms with van der Waals surface area (Å²) in [6, 6.07) is 0. The van der Waals surface area contributed by atoms with Gasteiger partial charge in [-0.25, -0.2) is 4.79 Å². The molecule has 0 saturated heterocycles. The number of aliphatic hydroxyl groups is 1. The Morgan fingerprint density at radius 2 is 1.24 bits per heavy atom. The first-order valence-corrected chi connectivity index (χ1v) is 11.8. The summed E-state index contributed by atoms with van der Waals surface area (Å²) in [6.45, 7) is 2.22. The van der Waals surface area contributed by atoms with Crippen LogP contribution >= 0.6 is 0 Å². The monoisotopic (exact) mass is 480 g/mol. The van der Waals surface area contributed by atoms with Crippen LogP contribution in [0.3, 0.4) is 0 Å². The second kappa shape index (κ2) is 21.3. The van der Waals surface area contributed by atoms with Gasteiger partial charge in [0, 0.05) is 6.42 Å². The van der Waals surface area contributed by atoms with Gasteiger partial charge in [-0.1, -0.05) is 70.4 Å². The molecule has 0 aromatic carbocycles. The third-order valence-corrected chi connectivity index (χ3v) is 5.15. The molecule has 3 N–H and O–H groups in total. The quantitative estimate of drug-likeness (QED) is 0.0790. The summed E-state index contributed by atoms with van der Waals surface area (Å²) in [7, 11) is 0. The smallest absolute Gasteiger partial charge is 1.00 e. The van der Waals surface area contributed by atoms with Crippen molar-refractivity contribution >= 4 is 23.9 Å². The van der Waals surface area contributed by atoms with Crippen LogP contribution in [0, 0.1) is 0 Å². The maximum Gasteiger partial charge on any atom is 1.00 e. The zero-order valence-electron chi connectivity index (χ0n) is 21.4.